The van der Waals surface area contributed by atoms with Crippen LogP contribution in [0.3, 0.4) is 0 Å². The van der Waals surface area contributed by atoms with Gasteiger partial charge in [-0.2, -0.15) is 0 Å². The second kappa shape index (κ2) is 12.9. The zero-order valence-corrected chi connectivity index (χ0v) is 30.6. The van der Waals surface area contributed by atoms with Crippen LogP contribution in [0.25, 0.3) is 77.8 Å². The van der Waals surface area contributed by atoms with Crippen LogP contribution in [0.1, 0.15) is 22.3 Å². The molecule has 2 heterocycles. The summed E-state index contributed by atoms with van der Waals surface area (Å²) in [6, 6.07) is 76.0. The van der Waals surface area contributed by atoms with E-state index in [1.807, 2.05) is 6.07 Å². The number of hydrogen-bond donors (Lipinski definition) is 0. The fraction of sp³-hybridized carbons (Fsp3) is 0.0185. The molecule has 0 amide bonds. The molecule has 2 heteroatoms. The quantitative estimate of drug-likeness (QED) is 0.171. The van der Waals surface area contributed by atoms with Gasteiger partial charge in [0.05, 0.1) is 16.8 Å². The second-order valence-electron chi connectivity index (χ2n) is 14.6. The number of aromatic nitrogens is 1. The van der Waals surface area contributed by atoms with E-state index in [4.69, 9.17) is 9.40 Å². The summed E-state index contributed by atoms with van der Waals surface area (Å²) in [6.07, 6.45) is 0. The van der Waals surface area contributed by atoms with E-state index in [9.17, 15) is 0 Å². The van der Waals surface area contributed by atoms with E-state index in [0.29, 0.717) is 0 Å². The van der Waals surface area contributed by atoms with Gasteiger partial charge < -0.3 is 4.42 Å². The maximum atomic E-state index is 7.01. The second-order valence-corrected chi connectivity index (χ2v) is 14.6. The fourth-order valence-corrected chi connectivity index (χ4v) is 9.04. The van der Waals surface area contributed by atoms with Gasteiger partial charge in [-0.1, -0.05) is 182 Å². The summed E-state index contributed by atoms with van der Waals surface area (Å²) in [4.78, 5) is 5.22. The van der Waals surface area contributed by atoms with Gasteiger partial charge >= 0.3 is 0 Å². The molecule has 0 saturated carbocycles. The van der Waals surface area contributed by atoms with Gasteiger partial charge in [0.2, 0.25) is 0 Å². The predicted octanol–water partition coefficient (Wildman–Crippen LogP) is 14.0. The lowest BCUT2D eigenvalue weighted by atomic mass is 9.67. The molecule has 0 aliphatic heterocycles. The first-order valence-electron chi connectivity index (χ1n) is 19.2. The zero-order valence-electron chi connectivity index (χ0n) is 30.6. The van der Waals surface area contributed by atoms with Gasteiger partial charge in [0.25, 0.3) is 0 Å². The average molecular weight is 714 g/mol. The zero-order chi connectivity index (χ0) is 37.1. The van der Waals surface area contributed by atoms with Gasteiger partial charge in [-0.05, 0) is 80.4 Å². The van der Waals surface area contributed by atoms with Crippen molar-refractivity contribution in [3.8, 4) is 55.9 Å². The normalized spacial score (nSPS) is 12.8. The molecule has 1 aliphatic rings. The molecule has 2 nitrogen and oxygen atoms in total. The number of para-hydroxylation sites is 1. The standard InChI is InChI=1S/C54H35NO/c1-5-17-36(18-6-1)40-32-50(37-19-7-2-8-20-37)55-51(33-40)39-22-15-21-38(31-39)43-28-16-29-45-47-34-46-44-27-13-14-30-48(44)54(41-23-9-3-10-24-41,42-25-11-4-12-26-42)49(46)35-52(47)56-53(43)45/h1-35H. The van der Waals surface area contributed by atoms with Gasteiger partial charge in [0, 0.05) is 27.5 Å². The Kier molecular flexibility index (Phi) is 7.43. The summed E-state index contributed by atoms with van der Waals surface area (Å²) in [6.45, 7) is 0. The molecule has 0 atom stereocenters. The Morgan fingerprint density at radius 1 is 0.339 bits per heavy atom. The molecule has 2 aromatic heterocycles. The van der Waals surface area contributed by atoms with Gasteiger partial charge in [0.15, 0.2) is 0 Å². The summed E-state index contributed by atoms with van der Waals surface area (Å²) >= 11 is 0. The Labute approximate surface area is 326 Å². The van der Waals surface area contributed by atoms with Crippen LogP contribution in [0.5, 0.6) is 0 Å². The lowest BCUT2D eigenvalue weighted by molar-refractivity contribution is 0.667. The molecule has 0 fully saturated rings. The minimum absolute atomic E-state index is 0.487. The van der Waals surface area contributed by atoms with E-state index in [1.54, 1.807) is 0 Å². The van der Waals surface area contributed by atoms with Crippen LogP contribution >= 0.6 is 0 Å². The highest BCUT2D eigenvalue weighted by atomic mass is 16.3. The van der Waals surface area contributed by atoms with Gasteiger partial charge in [-0.3, -0.25) is 0 Å². The Bertz CT molecular complexity index is 2960. The van der Waals surface area contributed by atoms with Crippen LogP contribution in [0.2, 0.25) is 0 Å². The molecule has 10 aromatic rings. The maximum absolute atomic E-state index is 7.01. The molecule has 0 unspecified atom stereocenters. The van der Waals surface area contributed by atoms with Crippen molar-refractivity contribution in [3.63, 3.8) is 0 Å². The number of benzene rings is 8. The number of nitrogens with zero attached hydrogens (tertiary/aromatic N) is 1. The van der Waals surface area contributed by atoms with Crippen LogP contribution in [-0.4, -0.2) is 4.98 Å². The number of furan rings is 1. The first-order chi connectivity index (χ1) is 27.8. The fourth-order valence-electron chi connectivity index (χ4n) is 9.04. The van der Waals surface area contributed by atoms with Gasteiger partial charge in [-0.15, -0.1) is 0 Å². The highest BCUT2D eigenvalue weighted by molar-refractivity contribution is 6.12. The molecule has 262 valence electrons. The summed E-state index contributed by atoms with van der Waals surface area (Å²) in [5.74, 6) is 0. The van der Waals surface area contributed by atoms with E-state index in [2.05, 4.69) is 206 Å². The Hall–Kier alpha value is -7.29. The Balaban J connectivity index is 1.09. The molecule has 0 radical (unpaired) electrons. The molecule has 8 aromatic carbocycles. The molecule has 0 spiro atoms. The molecule has 56 heavy (non-hydrogen) atoms. The lowest BCUT2D eigenvalue weighted by Gasteiger charge is -2.33. The number of rotatable bonds is 6. The van der Waals surface area contributed by atoms with Crippen molar-refractivity contribution >= 4 is 21.9 Å². The van der Waals surface area contributed by atoms with Gasteiger partial charge in [-0.25, -0.2) is 4.98 Å². The molecule has 0 N–H and O–H groups in total. The number of pyridine rings is 1. The van der Waals surface area contributed by atoms with Crippen LogP contribution in [-0.2, 0) is 5.41 Å². The van der Waals surface area contributed by atoms with E-state index < -0.39 is 5.41 Å². The third-order valence-electron chi connectivity index (χ3n) is 11.5. The summed E-state index contributed by atoms with van der Waals surface area (Å²) in [7, 11) is 0. The molecular formula is C54H35NO. The lowest BCUT2D eigenvalue weighted by Crippen LogP contribution is -2.28. The van der Waals surface area contributed by atoms with E-state index in [-0.39, 0.29) is 0 Å². The van der Waals surface area contributed by atoms with Crippen LogP contribution < -0.4 is 0 Å². The third-order valence-corrected chi connectivity index (χ3v) is 11.5. The molecular weight excluding hydrogens is 679 g/mol. The molecule has 11 rings (SSSR count). The molecule has 0 saturated heterocycles. The van der Waals surface area contributed by atoms with Crippen LogP contribution in [0.15, 0.2) is 217 Å². The first kappa shape index (κ1) is 32.2. The highest BCUT2D eigenvalue weighted by Gasteiger charge is 2.46. The smallest absolute Gasteiger partial charge is 0.143 e. The number of fused-ring (bicyclic) bond motifs is 6. The maximum Gasteiger partial charge on any atom is 0.143 e. The first-order valence-corrected chi connectivity index (χ1v) is 19.2. The molecule has 0 bridgehead atoms. The summed E-state index contributed by atoms with van der Waals surface area (Å²) in [5, 5.41) is 2.23. The van der Waals surface area contributed by atoms with E-state index in [0.717, 1.165) is 66.7 Å². The van der Waals surface area contributed by atoms with Crippen LogP contribution in [0, 0.1) is 0 Å². The van der Waals surface area contributed by atoms with Crippen molar-refractivity contribution in [2.24, 2.45) is 0 Å². The largest absolute Gasteiger partial charge is 0.455 e. The van der Waals surface area contributed by atoms with Crippen molar-refractivity contribution < 1.29 is 4.42 Å². The number of hydrogen-bond acceptors (Lipinski definition) is 2. The van der Waals surface area contributed by atoms with Crippen LogP contribution in [0.4, 0.5) is 0 Å². The van der Waals surface area contributed by atoms with Crippen molar-refractivity contribution in [2.75, 3.05) is 0 Å². The van der Waals surface area contributed by atoms with Crippen molar-refractivity contribution in [2.45, 2.75) is 5.41 Å². The predicted molar refractivity (Wildman–Crippen MR) is 231 cm³/mol. The Morgan fingerprint density at radius 3 is 1.61 bits per heavy atom. The minimum Gasteiger partial charge on any atom is -0.455 e. The highest BCUT2D eigenvalue weighted by Crippen LogP contribution is 2.57. The van der Waals surface area contributed by atoms with E-state index >= 15 is 0 Å². The minimum atomic E-state index is -0.487. The van der Waals surface area contributed by atoms with E-state index in [1.165, 1.54) is 33.4 Å². The van der Waals surface area contributed by atoms with Gasteiger partial charge in [0.1, 0.15) is 11.2 Å². The topological polar surface area (TPSA) is 26.0 Å². The third kappa shape index (κ3) is 5.00. The SMILES string of the molecule is c1ccc(-c2cc(-c3ccccc3)nc(-c3cccc(-c4cccc5c4oc4cc6c(cc45)-c4ccccc4C6(c4ccccc4)c4ccccc4)c3)c2)cc1. The summed E-state index contributed by atoms with van der Waals surface area (Å²) in [5.41, 5.74) is 17.3. The van der Waals surface area contributed by atoms with Crippen molar-refractivity contribution in [1.82, 2.24) is 4.98 Å². The average Bonchev–Trinajstić information content (AvgIpc) is 3.79. The Morgan fingerprint density at radius 2 is 0.893 bits per heavy atom. The van der Waals surface area contributed by atoms with Crippen molar-refractivity contribution in [3.05, 3.63) is 235 Å². The monoisotopic (exact) mass is 713 g/mol. The van der Waals surface area contributed by atoms with Crippen molar-refractivity contribution in [1.29, 1.82) is 0 Å². The summed E-state index contributed by atoms with van der Waals surface area (Å²) < 4.78 is 7.01. The molecule has 1 aliphatic carbocycles.